The Labute approximate surface area is 154 Å². The molecule has 3 rings (SSSR count). The third kappa shape index (κ3) is 5.46. The Bertz CT molecular complexity index is 713. The smallest absolute Gasteiger partial charge is 0.232 e. The molecule has 0 saturated carbocycles. The van der Waals surface area contributed by atoms with Gasteiger partial charge < -0.3 is 4.90 Å². The number of thioether (sulfide) groups is 1. The quantitative estimate of drug-likeness (QED) is 0.774. The average molecular weight is 383 g/mol. The molecule has 0 aliphatic carbocycles. The molecule has 0 spiro atoms. The van der Waals surface area contributed by atoms with Gasteiger partial charge in [0, 0.05) is 38.0 Å². The highest BCUT2D eigenvalue weighted by molar-refractivity contribution is 8.02. The minimum absolute atomic E-state index is 0.0940. The van der Waals surface area contributed by atoms with Crippen LogP contribution in [0.4, 0.5) is 0 Å². The van der Waals surface area contributed by atoms with Crippen LogP contribution in [0.1, 0.15) is 17.5 Å². The van der Waals surface area contributed by atoms with Crippen molar-refractivity contribution < 1.29 is 13.2 Å². The molecule has 2 saturated heterocycles. The van der Waals surface area contributed by atoms with Gasteiger partial charge in [-0.1, -0.05) is 29.8 Å². The molecule has 0 N–H and O–H groups in total. The molecule has 1 unspecified atom stereocenters. The van der Waals surface area contributed by atoms with Crippen LogP contribution in [0, 0.1) is 6.92 Å². The lowest BCUT2D eigenvalue weighted by molar-refractivity contribution is -0.130. The fourth-order valence-corrected chi connectivity index (χ4v) is 6.94. The van der Waals surface area contributed by atoms with Crippen LogP contribution >= 0.6 is 11.8 Å². The van der Waals surface area contributed by atoms with Crippen molar-refractivity contribution in [1.82, 2.24) is 9.80 Å². The molecule has 5 nitrogen and oxygen atoms in total. The van der Waals surface area contributed by atoms with Gasteiger partial charge in [0.05, 0.1) is 17.3 Å². The highest BCUT2D eigenvalue weighted by Crippen LogP contribution is 2.24. The zero-order valence-corrected chi connectivity index (χ0v) is 16.3. The summed E-state index contributed by atoms with van der Waals surface area (Å²) in [5.41, 5.74) is 2.59. The van der Waals surface area contributed by atoms with Gasteiger partial charge in [-0.15, -0.1) is 11.8 Å². The lowest BCUT2D eigenvalue weighted by Gasteiger charge is -2.35. The van der Waals surface area contributed by atoms with E-state index in [1.165, 1.54) is 22.9 Å². The first-order valence-electron chi connectivity index (χ1n) is 8.79. The normalized spacial score (nSPS) is 23.7. The first-order chi connectivity index (χ1) is 11.9. The number of aryl methyl sites for hydroxylation is 1. The zero-order valence-electron chi connectivity index (χ0n) is 14.7. The minimum Gasteiger partial charge on any atom is -0.339 e. The number of piperazine rings is 1. The summed E-state index contributed by atoms with van der Waals surface area (Å²) in [6.45, 7) is 6.33. The van der Waals surface area contributed by atoms with E-state index in [4.69, 9.17) is 0 Å². The van der Waals surface area contributed by atoms with Crippen LogP contribution in [-0.2, 0) is 21.2 Å². The van der Waals surface area contributed by atoms with Crippen molar-refractivity contribution in [2.75, 3.05) is 43.4 Å². The maximum atomic E-state index is 12.4. The summed E-state index contributed by atoms with van der Waals surface area (Å²) in [6, 6.07) is 8.55. The van der Waals surface area contributed by atoms with Crippen molar-refractivity contribution in [3.05, 3.63) is 35.4 Å². The Kier molecular flexibility index (Phi) is 6.07. The number of carbonyl (C=O) groups is 1. The molecule has 0 radical (unpaired) electrons. The molecule has 0 bridgehead atoms. The van der Waals surface area contributed by atoms with E-state index in [2.05, 4.69) is 36.1 Å². The molecule has 25 heavy (non-hydrogen) atoms. The number of hydrogen-bond donors (Lipinski definition) is 0. The lowest BCUT2D eigenvalue weighted by Crippen LogP contribution is -2.48. The second-order valence-electron chi connectivity index (χ2n) is 6.98. The molecule has 2 aliphatic rings. The maximum absolute atomic E-state index is 12.4. The number of carbonyl (C=O) groups excluding carboxylic acids is 1. The number of nitrogens with zero attached hydrogens (tertiary/aromatic N) is 2. The molecule has 2 aliphatic heterocycles. The van der Waals surface area contributed by atoms with Gasteiger partial charge in [0.2, 0.25) is 5.91 Å². The number of rotatable bonds is 5. The van der Waals surface area contributed by atoms with Crippen LogP contribution in [0.5, 0.6) is 0 Å². The minimum atomic E-state index is -2.86. The molecule has 1 amide bonds. The first-order valence-corrected chi connectivity index (χ1v) is 11.7. The molecular weight excluding hydrogens is 356 g/mol. The highest BCUT2D eigenvalue weighted by atomic mass is 32.2. The molecule has 2 fully saturated rings. The van der Waals surface area contributed by atoms with Crippen molar-refractivity contribution in [2.24, 2.45) is 0 Å². The SMILES string of the molecule is Cc1cccc(CN2CCN(C(=O)CSC3CCS(=O)(=O)C3)CC2)c1. The fraction of sp³-hybridized carbons (Fsp3) is 0.611. The number of benzene rings is 1. The average Bonchev–Trinajstić information content (AvgIpc) is 2.92. The van der Waals surface area contributed by atoms with E-state index in [0.717, 1.165) is 32.7 Å². The zero-order chi connectivity index (χ0) is 17.9. The molecule has 1 aromatic rings. The predicted molar refractivity (Wildman–Crippen MR) is 103 cm³/mol. The topological polar surface area (TPSA) is 57.7 Å². The summed E-state index contributed by atoms with van der Waals surface area (Å²) in [6.07, 6.45) is 0.685. The van der Waals surface area contributed by atoms with Gasteiger partial charge in [-0.3, -0.25) is 9.69 Å². The van der Waals surface area contributed by atoms with Gasteiger partial charge in [0.1, 0.15) is 0 Å². The van der Waals surface area contributed by atoms with E-state index in [-0.39, 0.29) is 22.7 Å². The van der Waals surface area contributed by atoms with E-state index in [1.54, 1.807) is 0 Å². The summed E-state index contributed by atoms with van der Waals surface area (Å²) >= 11 is 1.51. The monoisotopic (exact) mass is 382 g/mol. The molecule has 1 atom stereocenters. The second-order valence-corrected chi connectivity index (χ2v) is 10.5. The van der Waals surface area contributed by atoms with Crippen molar-refractivity contribution in [3.8, 4) is 0 Å². The van der Waals surface area contributed by atoms with Crippen LogP contribution in [-0.4, -0.2) is 72.8 Å². The Morgan fingerprint density at radius 3 is 2.64 bits per heavy atom. The van der Waals surface area contributed by atoms with E-state index < -0.39 is 9.84 Å². The second kappa shape index (κ2) is 8.10. The van der Waals surface area contributed by atoms with Crippen LogP contribution < -0.4 is 0 Å². The van der Waals surface area contributed by atoms with Gasteiger partial charge in [-0.2, -0.15) is 0 Å². The standard InChI is InChI=1S/C18H26N2O3S2/c1-15-3-2-4-16(11-15)12-19-6-8-20(9-7-19)18(21)13-24-17-5-10-25(22,23)14-17/h2-4,11,17H,5-10,12-14H2,1H3. The van der Waals surface area contributed by atoms with Crippen molar-refractivity contribution in [1.29, 1.82) is 0 Å². The van der Waals surface area contributed by atoms with Gasteiger partial charge >= 0.3 is 0 Å². The number of amides is 1. The van der Waals surface area contributed by atoms with Crippen LogP contribution in [0.25, 0.3) is 0 Å². The third-order valence-electron chi connectivity index (χ3n) is 4.85. The van der Waals surface area contributed by atoms with E-state index in [0.29, 0.717) is 12.2 Å². The summed E-state index contributed by atoms with van der Waals surface area (Å²) in [4.78, 5) is 16.7. The molecule has 7 heteroatoms. The number of hydrogen-bond acceptors (Lipinski definition) is 5. The van der Waals surface area contributed by atoms with Gasteiger partial charge in [0.25, 0.3) is 0 Å². The molecule has 2 heterocycles. The maximum Gasteiger partial charge on any atom is 0.232 e. The van der Waals surface area contributed by atoms with Crippen LogP contribution in [0.15, 0.2) is 24.3 Å². The summed E-state index contributed by atoms with van der Waals surface area (Å²) in [5, 5.41) is 0.0940. The largest absolute Gasteiger partial charge is 0.339 e. The molecule has 138 valence electrons. The van der Waals surface area contributed by atoms with Crippen LogP contribution in [0.3, 0.4) is 0 Å². The third-order valence-corrected chi connectivity index (χ3v) is 8.11. The van der Waals surface area contributed by atoms with Crippen molar-refractivity contribution in [2.45, 2.75) is 25.1 Å². The van der Waals surface area contributed by atoms with Gasteiger partial charge in [-0.25, -0.2) is 8.42 Å². The van der Waals surface area contributed by atoms with Crippen molar-refractivity contribution in [3.63, 3.8) is 0 Å². The van der Waals surface area contributed by atoms with E-state index >= 15 is 0 Å². The van der Waals surface area contributed by atoms with Crippen LogP contribution in [0.2, 0.25) is 0 Å². The number of sulfone groups is 1. The molecule has 1 aromatic carbocycles. The van der Waals surface area contributed by atoms with Crippen molar-refractivity contribution >= 4 is 27.5 Å². The molecule has 0 aromatic heterocycles. The van der Waals surface area contributed by atoms with E-state index in [1.807, 2.05) is 4.90 Å². The molecular formula is C18H26N2O3S2. The Morgan fingerprint density at radius 2 is 2.00 bits per heavy atom. The summed E-state index contributed by atoms with van der Waals surface area (Å²) in [7, 11) is -2.86. The Hall–Kier alpha value is -1.05. The Morgan fingerprint density at radius 1 is 1.24 bits per heavy atom. The predicted octanol–water partition coefficient (Wildman–Crippen LogP) is 1.56. The lowest BCUT2D eigenvalue weighted by atomic mass is 10.1. The van der Waals surface area contributed by atoms with E-state index in [9.17, 15) is 13.2 Å². The first kappa shape index (κ1) is 18.7. The van der Waals surface area contributed by atoms with Gasteiger partial charge in [0.15, 0.2) is 9.84 Å². The summed E-state index contributed by atoms with van der Waals surface area (Å²) in [5.74, 6) is 1.05. The highest BCUT2D eigenvalue weighted by Gasteiger charge is 2.29. The summed E-state index contributed by atoms with van der Waals surface area (Å²) < 4.78 is 23.0. The van der Waals surface area contributed by atoms with Gasteiger partial charge in [-0.05, 0) is 18.9 Å². The fourth-order valence-electron chi connectivity index (χ4n) is 3.40. The Balaban J connectivity index is 1.40.